The van der Waals surface area contributed by atoms with Gasteiger partial charge in [0.05, 0.1) is 22.7 Å². The number of aryl methyl sites for hydroxylation is 1. The molecule has 198 valence electrons. The van der Waals surface area contributed by atoms with Gasteiger partial charge in [-0.05, 0) is 62.6 Å². The fourth-order valence-electron chi connectivity index (χ4n) is 4.70. The van der Waals surface area contributed by atoms with E-state index in [1.807, 2.05) is 56.3 Å². The van der Waals surface area contributed by atoms with Crippen molar-refractivity contribution in [3.05, 3.63) is 66.5 Å². The molecule has 0 aliphatic carbocycles. The minimum absolute atomic E-state index is 0.0585. The molecule has 0 amide bonds. The number of pyridine rings is 1. The van der Waals surface area contributed by atoms with Crippen LogP contribution in [-0.2, 0) is 10.0 Å². The fourth-order valence-corrected chi connectivity index (χ4v) is 5.84. The SMILES string of the molecule is CCCS(=O)(=O)Nc1cc(C)c(Oc2ncccc2-c2ccnc(NC3CCCNC3)n2)c2ccccc12. The summed E-state index contributed by atoms with van der Waals surface area (Å²) in [4.78, 5) is 13.7. The molecule has 0 bridgehead atoms. The Morgan fingerprint density at radius 2 is 1.92 bits per heavy atom. The first-order valence-corrected chi connectivity index (χ1v) is 14.5. The van der Waals surface area contributed by atoms with Gasteiger partial charge in [0, 0.05) is 35.8 Å². The molecule has 0 saturated carbocycles. The minimum Gasteiger partial charge on any atom is -0.437 e. The Morgan fingerprint density at radius 3 is 2.71 bits per heavy atom. The van der Waals surface area contributed by atoms with Gasteiger partial charge in [0.2, 0.25) is 21.9 Å². The molecule has 0 radical (unpaired) electrons. The number of hydrogen-bond acceptors (Lipinski definition) is 8. The lowest BCUT2D eigenvalue weighted by molar-refractivity contribution is 0.466. The average Bonchev–Trinajstić information content (AvgIpc) is 2.91. The third kappa shape index (κ3) is 5.87. The number of ether oxygens (including phenoxy) is 1. The van der Waals surface area contributed by atoms with Gasteiger partial charge in [-0.2, -0.15) is 0 Å². The van der Waals surface area contributed by atoms with Gasteiger partial charge in [0.15, 0.2) is 0 Å². The zero-order valence-electron chi connectivity index (χ0n) is 21.6. The zero-order valence-corrected chi connectivity index (χ0v) is 22.4. The summed E-state index contributed by atoms with van der Waals surface area (Å²) >= 11 is 0. The monoisotopic (exact) mass is 532 g/mol. The Labute approximate surface area is 223 Å². The molecule has 1 fully saturated rings. The zero-order chi connectivity index (χ0) is 26.5. The van der Waals surface area contributed by atoms with Crippen LogP contribution in [0.15, 0.2) is 60.9 Å². The molecule has 10 heteroatoms. The van der Waals surface area contributed by atoms with E-state index in [4.69, 9.17) is 9.72 Å². The summed E-state index contributed by atoms with van der Waals surface area (Å²) in [5, 5.41) is 8.35. The Morgan fingerprint density at radius 1 is 1.08 bits per heavy atom. The summed E-state index contributed by atoms with van der Waals surface area (Å²) < 4.78 is 34.2. The first kappa shape index (κ1) is 25.9. The molecule has 2 aromatic heterocycles. The number of nitrogens with zero attached hydrogens (tertiary/aromatic N) is 3. The molecular formula is C28H32N6O3S. The number of benzene rings is 2. The van der Waals surface area contributed by atoms with Crippen LogP contribution in [0.5, 0.6) is 11.6 Å². The smallest absolute Gasteiger partial charge is 0.232 e. The number of sulfonamides is 1. The number of piperidine rings is 1. The van der Waals surface area contributed by atoms with Gasteiger partial charge in [0.1, 0.15) is 5.75 Å². The van der Waals surface area contributed by atoms with Crippen molar-refractivity contribution in [3.8, 4) is 22.9 Å². The molecule has 1 saturated heterocycles. The largest absolute Gasteiger partial charge is 0.437 e. The van der Waals surface area contributed by atoms with Gasteiger partial charge >= 0.3 is 0 Å². The van der Waals surface area contributed by atoms with E-state index in [-0.39, 0.29) is 11.8 Å². The molecule has 1 unspecified atom stereocenters. The molecule has 4 aromatic rings. The molecule has 1 aliphatic heterocycles. The molecule has 1 atom stereocenters. The lowest BCUT2D eigenvalue weighted by Crippen LogP contribution is -2.38. The Hall–Kier alpha value is -3.76. The Balaban J connectivity index is 1.49. The van der Waals surface area contributed by atoms with Crippen LogP contribution in [0, 0.1) is 6.92 Å². The molecule has 3 N–H and O–H groups in total. The first-order valence-electron chi connectivity index (χ1n) is 12.9. The van der Waals surface area contributed by atoms with Gasteiger partial charge in [-0.25, -0.2) is 23.4 Å². The highest BCUT2D eigenvalue weighted by atomic mass is 32.2. The van der Waals surface area contributed by atoms with E-state index in [2.05, 4.69) is 25.3 Å². The number of fused-ring (bicyclic) bond motifs is 1. The fraction of sp³-hybridized carbons (Fsp3) is 0.321. The first-order chi connectivity index (χ1) is 18.4. The van der Waals surface area contributed by atoms with Crippen molar-refractivity contribution in [2.75, 3.05) is 28.9 Å². The van der Waals surface area contributed by atoms with Crippen molar-refractivity contribution in [2.24, 2.45) is 0 Å². The number of anilines is 2. The highest BCUT2D eigenvalue weighted by Gasteiger charge is 2.19. The van der Waals surface area contributed by atoms with E-state index in [0.717, 1.165) is 47.8 Å². The summed E-state index contributed by atoms with van der Waals surface area (Å²) in [6.45, 7) is 5.65. The molecule has 9 nitrogen and oxygen atoms in total. The van der Waals surface area contributed by atoms with Crippen molar-refractivity contribution in [1.82, 2.24) is 20.3 Å². The maximum Gasteiger partial charge on any atom is 0.232 e. The van der Waals surface area contributed by atoms with E-state index >= 15 is 0 Å². The van der Waals surface area contributed by atoms with E-state index in [0.29, 0.717) is 35.4 Å². The molecule has 1 aliphatic rings. The predicted octanol–water partition coefficient (Wildman–Crippen LogP) is 5.11. The van der Waals surface area contributed by atoms with Crippen LogP contribution in [0.1, 0.15) is 31.7 Å². The summed E-state index contributed by atoms with van der Waals surface area (Å²) in [6, 6.07) is 15.3. The van der Waals surface area contributed by atoms with Crippen LogP contribution in [0.3, 0.4) is 0 Å². The second kappa shape index (κ2) is 11.3. The topological polar surface area (TPSA) is 118 Å². The van der Waals surface area contributed by atoms with Gasteiger partial charge < -0.3 is 15.4 Å². The van der Waals surface area contributed by atoms with Crippen molar-refractivity contribution in [3.63, 3.8) is 0 Å². The summed E-state index contributed by atoms with van der Waals surface area (Å²) in [7, 11) is -3.45. The summed E-state index contributed by atoms with van der Waals surface area (Å²) in [6.07, 6.45) is 6.13. The number of nitrogens with one attached hydrogen (secondary N) is 3. The van der Waals surface area contributed by atoms with E-state index < -0.39 is 10.0 Å². The van der Waals surface area contributed by atoms with E-state index in [1.54, 1.807) is 18.5 Å². The van der Waals surface area contributed by atoms with Crippen LogP contribution >= 0.6 is 0 Å². The van der Waals surface area contributed by atoms with Crippen molar-refractivity contribution >= 4 is 32.4 Å². The lowest BCUT2D eigenvalue weighted by atomic mass is 10.0. The maximum absolute atomic E-state index is 12.5. The third-order valence-corrected chi connectivity index (χ3v) is 7.93. The van der Waals surface area contributed by atoms with Crippen LogP contribution in [0.4, 0.5) is 11.6 Å². The van der Waals surface area contributed by atoms with Gasteiger partial charge in [0.25, 0.3) is 0 Å². The van der Waals surface area contributed by atoms with Crippen molar-refractivity contribution in [1.29, 1.82) is 0 Å². The second-order valence-corrected chi connectivity index (χ2v) is 11.3. The Kier molecular flexibility index (Phi) is 7.71. The molecular weight excluding hydrogens is 500 g/mol. The van der Waals surface area contributed by atoms with Gasteiger partial charge in [-0.15, -0.1) is 0 Å². The van der Waals surface area contributed by atoms with Gasteiger partial charge in [-0.1, -0.05) is 31.2 Å². The van der Waals surface area contributed by atoms with Crippen LogP contribution in [0.2, 0.25) is 0 Å². The van der Waals surface area contributed by atoms with E-state index in [1.165, 1.54) is 0 Å². The highest BCUT2D eigenvalue weighted by Crippen LogP contribution is 2.39. The molecule has 5 rings (SSSR count). The van der Waals surface area contributed by atoms with Crippen LogP contribution < -0.4 is 20.1 Å². The summed E-state index contributed by atoms with van der Waals surface area (Å²) in [5.41, 5.74) is 2.74. The Bertz CT molecular complexity index is 1540. The minimum atomic E-state index is -3.45. The second-order valence-electron chi connectivity index (χ2n) is 9.45. The standard InChI is InChI=1S/C28H32N6O3S/c1-3-16-38(35,36)34-25-17-19(2)26(22-10-5-4-9-21(22)25)37-27-23(11-7-14-30-27)24-12-15-31-28(33-24)32-20-8-6-13-29-18-20/h4-5,7,9-12,14-15,17,20,29,34H,3,6,8,13,16,18H2,1-2H3,(H,31,32,33). The van der Waals surface area contributed by atoms with Crippen molar-refractivity contribution < 1.29 is 13.2 Å². The lowest BCUT2D eigenvalue weighted by Gasteiger charge is -2.23. The van der Waals surface area contributed by atoms with Crippen LogP contribution in [0.25, 0.3) is 22.0 Å². The highest BCUT2D eigenvalue weighted by molar-refractivity contribution is 7.92. The number of hydrogen-bond donors (Lipinski definition) is 3. The third-order valence-electron chi connectivity index (χ3n) is 6.45. The number of aromatic nitrogens is 3. The van der Waals surface area contributed by atoms with Gasteiger partial charge in [-0.3, -0.25) is 4.72 Å². The summed E-state index contributed by atoms with van der Waals surface area (Å²) in [5.74, 6) is 1.64. The molecule has 3 heterocycles. The molecule has 38 heavy (non-hydrogen) atoms. The number of rotatable bonds is 9. The quantitative estimate of drug-likeness (QED) is 0.272. The average molecular weight is 533 g/mol. The maximum atomic E-state index is 12.5. The molecule has 2 aromatic carbocycles. The predicted molar refractivity (Wildman–Crippen MR) is 151 cm³/mol. The molecule has 0 spiro atoms. The van der Waals surface area contributed by atoms with Crippen LogP contribution in [-0.4, -0.2) is 48.3 Å². The van der Waals surface area contributed by atoms with Crippen molar-refractivity contribution in [2.45, 2.75) is 39.2 Å². The van der Waals surface area contributed by atoms with E-state index in [9.17, 15) is 8.42 Å². The normalized spacial score (nSPS) is 15.8.